The Morgan fingerprint density at radius 1 is 1.44 bits per heavy atom. The Bertz CT molecular complexity index is 374. The average Bonchev–Trinajstić information content (AvgIpc) is 2.31. The van der Waals surface area contributed by atoms with E-state index < -0.39 is 0 Å². The van der Waals surface area contributed by atoms with Gasteiger partial charge >= 0.3 is 0 Å². The summed E-state index contributed by atoms with van der Waals surface area (Å²) in [4.78, 5) is 0. The second-order valence-electron chi connectivity index (χ2n) is 3.39. The van der Waals surface area contributed by atoms with Gasteiger partial charge in [0.2, 0.25) is 0 Å². The quantitative estimate of drug-likeness (QED) is 0.752. The van der Waals surface area contributed by atoms with E-state index in [-0.39, 0.29) is 5.82 Å². The van der Waals surface area contributed by atoms with Crippen molar-refractivity contribution in [2.24, 2.45) is 0 Å². The Morgan fingerprint density at radius 2 is 2.25 bits per heavy atom. The van der Waals surface area contributed by atoms with Gasteiger partial charge in [-0.15, -0.1) is 0 Å². The SMILES string of the molecule is COc1ccc(F)c(NCCCCC#N)c1. The molecular formula is C12H15FN2O. The van der Waals surface area contributed by atoms with Gasteiger partial charge in [-0.1, -0.05) is 0 Å². The van der Waals surface area contributed by atoms with Crippen molar-refractivity contribution in [1.29, 1.82) is 5.26 Å². The summed E-state index contributed by atoms with van der Waals surface area (Å²) in [5.74, 6) is 0.335. The molecule has 0 aliphatic rings. The number of methoxy groups -OCH3 is 1. The van der Waals surface area contributed by atoms with Crippen LogP contribution in [0.25, 0.3) is 0 Å². The maximum Gasteiger partial charge on any atom is 0.146 e. The second kappa shape index (κ2) is 6.67. The predicted octanol–water partition coefficient (Wildman–Crippen LogP) is 2.94. The van der Waals surface area contributed by atoms with E-state index in [2.05, 4.69) is 11.4 Å². The molecule has 1 aromatic rings. The van der Waals surface area contributed by atoms with Crippen LogP contribution >= 0.6 is 0 Å². The third-order valence-electron chi connectivity index (χ3n) is 2.20. The molecule has 0 amide bonds. The highest BCUT2D eigenvalue weighted by Crippen LogP contribution is 2.20. The van der Waals surface area contributed by atoms with Crippen LogP contribution < -0.4 is 10.1 Å². The molecule has 0 saturated carbocycles. The van der Waals surface area contributed by atoms with E-state index in [1.165, 1.54) is 6.07 Å². The molecular weight excluding hydrogens is 207 g/mol. The lowest BCUT2D eigenvalue weighted by atomic mass is 10.2. The van der Waals surface area contributed by atoms with Gasteiger partial charge in [0.25, 0.3) is 0 Å². The molecule has 1 N–H and O–H groups in total. The lowest BCUT2D eigenvalue weighted by Crippen LogP contribution is -2.03. The Balaban J connectivity index is 2.43. The van der Waals surface area contributed by atoms with Gasteiger partial charge < -0.3 is 10.1 Å². The molecule has 1 rings (SSSR count). The number of halogens is 1. The number of ether oxygens (including phenoxy) is 1. The van der Waals surface area contributed by atoms with Crippen molar-refractivity contribution in [3.05, 3.63) is 24.0 Å². The zero-order chi connectivity index (χ0) is 11.8. The molecule has 4 heteroatoms. The first-order valence-electron chi connectivity index (χ1n) is 5.22. The fourth-order valence-electron chi connectivity index (χ4n) is 1.32. The lowest BCUT2D eigenvalue weighted by molar-refractivity contribution is 0.414. The van der Waals surface area contributed by atoms with Crippen molar-refractivity contribution in [2.45, 2.75) is 19.3 Å². The van der Waals surface area contributed by atoms with Crippen LogP contribution in [0, 0.1) is 17.1 Å². The zero-order valence-corrected chi connectivity index (χ0v) is 9.29. The molecule has 0 fully saturated rings. The number of nitrogens with one attached hydrogen (secondary N) is 1. The molecule has 86 valence electrons. The Kier molecular flexibility index (Phi) is 5.13. The van der Waals surface area contributed by atoms with Crippen LogP contribution in [-0.2, 0) is 0 Å². The van der Waals surface area contributed by atoms with E-state index in [0.29, 0.717) is 24.4 Å². The van der Waals surface area contributed by atoms with E-state index in [0.717, 1.165) is 12.8 Å². The molecule has 3 nitrogen and oxygen atoms in total. The molecule has 16 heavy (non-hydrogen) atoms. The van der Waals surface area contributed by atoms with Gasteiger partial charge in [-0.05, 0) is 25.0 Å². The molecule has 0 aliphatic carbocycles. The third kappa shape index (κ3) is 3.77. The molecule has 0 aliphatic heterocycles. The zero-order valence-electron chi connectivity index (χ0n) is 9.29. The summed E-state index contributed by atoms with van der Waals surface area (Å²) in [6, 6.07) is 6.65. The van der Waals surface area contributed by atoms with Crippen LogP contribution in [0.1, 0.15) is 19.3 Å². The molecule has 0 radical (unpaired) electrons. The summed E-state index contributed by atoms with van der Waals surface area (Å²) in [6.45, 7) is 0.658. The van der Waals surface area contributed by atoms with Gasteiger partial charge in [0.05, 0.1) is 18.9 Å². The summed E-state index contributed by atoms with van der Waals surface area (Å²) < 4.78 is 18.3. The van der Waals surface area contributed by atoms with Crippen LogP contribution in [0.5, 0.6) is 5.75 Å². The number of rotatable bonds is 6. The fraction of sp³-hybridized carbons (Fsp3) is 0.417. The second-order valence-corrected chi connectivity index (χ2v) is 3.39. The van der Waals surface area contributed by atoms with Crippen LogP contribution in [0.15, 0.2) is 18.2 Å². The van der Waals surface area contributed by atoms with Crippen molar-refractivity contribution < 1.29 is 9.13 Å². The maximum atomic E-state index is 13.3. The monoisotopic (exact) mass is 222 g/mol. The molecule has 0 bridgehead atoms. The van der Waals surface area contributed by atoms with E-state index in [1.54, 1.807) is 19.2 Å². The topological polar surface area (TPSA) is 45.0 Å². The predicted molar refractivity (Wildman–Crippen MR) is 60.9 cm³/mol. The number of hydrogen-bond donors (Lipinski definition) is 1. The van der Waals surface area contributed by atoms with Crippen molar-refractivity contribution in [3.8, 4) is 11.8 Å². The molecule has 0 spiro atoms. The Morgan fingerprint density at radius 3 is 2.94 bits per heavy atom. The number of unbranched alkanes of at least 4 members (excludes halogenated alkanes) is 2. The van der Waals surface area contributed by atoms with Crippen molar-refractivity contribution >= 4 is 5.69 Å². The largest absolute Gasteiger partial charge is 0.497 e. The fourth-order valence-corrected chi connectivity index (χ4v) is 1.32. The number of anilines is 1. The third-order valence-corrected chi connectivity index (χ3v) is 2.20. The normalized spacial score (nSPS) is 9.56. The Hall–Kier alpha value is -1.76. The van der Waals surface area contributed by atoms with E-state index in [1.807, 2.05) is 0 Å². The number of hydrogen-bond acceptors (Lipinski definition) is 3. The summed E-state index contributed by atoms with van der Waals surface area (Å²) >= 11 is 0. The van der Waals surface area contributed by atoms with E-state index in [9.17, 15) is 4.39 Å². The maximum absolute atomic E-state index is 13.3. The smallest absolute Gasteiger partial charge is 0.146 e. The molecule has 0 unspecified atom stereocenters. The lowest BCUT2D eigenvalue weighted by Gasteiger charge is -2.08. The molecule has 0 heterocycles. The highest BCUT2D eigenvalue weighted by molar-refractivity contribution is 5.49. The number of nitrogens with zero attached hydrogens (tertiary/aromatic N) is 1. The summed E-state index contributed by atoms with van der Waals surface area (Å²) in [5, 5.41) is 11.3. The van der Waals surface area contributed by atoms with Crippen molar-refractivity contribution in [1.82, 2.24) is 0 Å². The van der Waals surface area contributed by atoms with Gasteiger partial charge in [-0.25, -0.2) is 4.39 Å². The first-order valence-corrected chi connectivity index (χ1v) is 5.22. The van der Waals surface area contributed by atoms with Crippen molar-refractivity contribution in [3.63, 3.8) is 0 Å². The minimum absolute atomic E-state index is 0.291. The standard InChI is InChI=1S/C12H15FN2O/c1-16-10-5-6-11(13)12(9-10)15-8-4-2-3-7-14/h5-6,9,15H,2-4,8H2,1H3. The van der Waals surface area contributed by atoms with Crippen LogP contribution in [-0.4, -0.2) is 13.7 Å². The number of benzene rings is 1. The molecule has 0 atom stereocenters. The van der Waals surface area contributed by atoms with Gasteiger partial charge in [0, 0.05) is 19.0 Å². The average molecular weight is 222 g/mol. The van der Waals surface area contributed by atoms with Crippen LogP contribution in [0.3, 0.4) is 0 Å². The van der Waals surface area contributed by atoms with Gasteiger partial charge in [0.1, 0.15) is 11.6 Å². The minimum atomic E-state index is -0.291. The van der Waals surface area contributed by atoms with E-state index in [4.69, 9.17) is 10.00 Å². The highest BCUT2D eigenvalue weighted by atomic mass is 19.1. The number of nitriles is 1. The Labute approximate surface area is 94.8 Å². The van der Waals surface area contributed by atoms with Crippen LogP contribution in [0.2, 0.25) is 0 Å². The first kappa shape index (κ1) is 12.3. The molecule has 1 aromatic carbocycles. The summed E-state index contributed by atoms with van der Waals surface area (Å²) in [5.41, 5.74) is 0.441. The molecule has 0 saturated heterocycles. The van der Waals surface area contributed by atoms with Crippen molar-refractivity contribution in [2.75, 3.05) is 19.0 Å². The highest BCUT2D eigenvalue weighted by Gasteiger charge is 2.02. The van der Waals surface area contributed by atoms with Gasteiger partial charge in [-0.3, -0.25) is 0 Å². The summed E-state index contributed by atoms with van der Waals surface area (Å²) in [7, 11) is 1.55. The summed E-state index contributed by atoms with van der Waals surface area (Å²) in [6.07, 6.45) is 2.22. The minimum Gasteiger partial charge on any atom is -0.497 e. The van der Waals surface area contributed by atoms with Gasteiger partial charge in [0.15, 0.2) is 0 Å². The van der Waals surface area contributed by atoms with Gasteiger partial charge in [-0.2, -0.15) is 5.26 Å². The molecule has 0 aromatic heterocycles. The van der Waals surface area contributed by atoms with Crippen LogP contribution in [0.4, 0.5) is 10.1 Å². The van der Waals surface area contributed by atoms with E-state index >= 15 is 0 Å². The first-order chi connectivity index (χ1) is 7.77.